The topological polar surface area (TPSA) is 99.9 Å². The summed E-state index contributed by atoms with van der Waals surface area (Å²) in [5, 5.41) is 11.6. The van der Waals surface area contributed by atoms with Crippen molar-refractivity contribution in [2.45, 2.75) is 25.7 Å². The number of thioether (sulfide) groups is 1. The number of nitrogens with one attached hydrogen (secondary N) is 1. The van der Waals surface area contributed by atoms with Crippen LogP contribution in [0.4, 0.5) is 5.69 Å². The molecule has 0 radical (unpaired) electrons. The van der Waals surface area contributed by atoms with Gasteiger partial charge >= 0.3 is 5.97 Å². The lowest BCUT2D eigenvalue weighted by Gasteiger charge is -2.14. The third-order valence-corrected chi connectivity index (χ3v) is 5.77. The van der Waals surface area contributed by atoms with Gasteiger partial charge in [-0.3, -0.25) is 14.5 Å². The smallest absolute Gasteiger partial charge is 0.335 e. The Morgan fingerprint density at radius 3 is 2.60 bits per heavy atom. The summed E-state index contributed by atoms with van der Waals surface area (Å²) in [6.07, 6.45) is 5.77. The first-order chi connectivity index (χ1) is 14.4. The number of rotatable bonds is 9. The molecule has 0 atom stereocenters. The van der Waals surface area contributed by atoms with E-state index >= 15 is 0 Å². The highest BCUT2D eigenvalue weighted by molar-refractivity contribution is 8.26. The van der Waals surface area contributed by atoms with E-state index in [0.717, 1.165) is 12.8 Å². The number of hydrogen-bond donors (Lipinski definition) is 2. The summed E-state index contributed by atoms with van der Waals surface area (Å²) in [5.41, 5.74) is 0.730. The predicted molar refractivity (Wildman–Crippen MR) is 119 cm³/mol. The van der Waals surface area contributed by atoms with Crippen LogP contribution in [0.15, 0.2) is 52.0 Å². The molecular weight excluding hydrogens is 424 g/mol. The molecule has 0 aliphatic carbocycles. The Hall–Kier alpha value is -2.91. The minimum atomic E-state index is -1.01. The van der Waals surface area contributed by atoms with Crippen molar-refractivity contribution in [2.75, 3.05) is 11.9 Å². The first-order valence-electron chi connectivity index (χ1n) is 9.36. The summed E-state index contributed by atoms with van der Waals surface area (Å²) >= 11 is 6.56. The highest BCUT2D eigenvalue weighted by Gasteiger charge is 2.31. The van der Waals surface area contributed by atoms with Gasteiger partial charge in [0.2, 0.25) is 5.91 Å². The number of anilines is 1. The summed E-state index contributed by atoms with van der Waals surface area (Å²) in [6.45, 7) is 0.512. The van der Waals surface area contributed by atoms with Crippen molar-refractivity contribution >= 4 is 57.8 Å². The van der Waals surface area contributed by atoms with E-state index in [9.17, 15) is 14.4 Å². The van der Waals surface area contributed by atoms with Crippen molar-refractivity contribution in [3.05, 3.63) is 58.9 Å². The molecule has 1 aromatic heterocycles. The predicted octanol–water partition coefficient (Wildman–Crippen LogP) is 4.38. The summed E-state index contributed by atoms with van der Waals surface area (Å²) in [4.78, 5) is 37.5. The highest BCUT2D eigenvalue weighted by Crippen LogP contribution is 2.32. The monoisotopic (exact) mass is 444 g/mol. The number of carboxylic acids is 1. The Bertz CT molecular complexity index is 968. The molecular formula is C21H20N2O5S2. The van der Waals surface area contributed by atoms with Gasteiger partial charge in [0.15, 0.2) is 0 Å². The van der Waals surface area contributed by atoms with Gasteiger partial charge < -0.3 is 14.8 Å². The Labute approximate surface area is 183 Å². The van der Waals surface area contributed by atoms with Crippen LogP contribution in [0.5, 0.6) is 0 Å². The number of nitrogens with zero attached hydrogens (tertiary/aromatic N) is 1. The van der Waals surface area contributed by atoms with E-state index in [1.54, 1.807) is 41.5 Å². The number of carbonyl (C=O) groups excluding carboxylic acids is 2. The number of benzene rings is 1. The van der Waals surface area contributed by atoms with Gasteiger partial charge in [-0.05, 0) is 49.2 Å². The zero-order valence-corrected chi connectivity index (χ0v) is 17.6. The van der Waals surface area contributed by atoms with Gasteiger partial charge in [-0.25, -0.2) is 4.79 Å². The highest BCUT2D eigenvalue weighted by atomic mass is 32.2. The van der Waals surface area contributed by atoms with Gasteiger partial charge in [-0.15, -0.1) is 0 Å². The quantitative estimate of drug-likeness (QED) is 0.336. The lowest BCUT2D eigenvalue weighted by atomic mass is 10.1. The maximum absolute atomic E-state index is 12.5. The van der Waals surface area contributed by atoms with Crippen LogP contribution < -0.4 is 5.32 Å². The van der Waals surface area contributed by atoms with Crippen LogP contribution in [-0.4, -0.2) is 38.7 Å². The molecule has 3 rings (SSSR count). The molecule has 0 bridgehead atoms. The lowest BCUT2D eigenvalue weighted by Crippen LogP contribution is -2.29. The number of hydrogen-bond acceptors (Lipinski definition) is 6. The number of thiocarbonyl (C=S) groups is 1. The van der Waals surface area contributed by atoms with E-state index in [1.165, 1.54) is 23.9 Å². The zero-order valence-electron chi connectivity index (χ0n) is 16.0. The number of carbonyl (C=O) groups is 3. The first kappa shape index (κ1) is 21.8. The Kier molecular flexibility index (Phi) is 7.42. The van der Waals surface area contributed by atoms with Gasteiger partial charge in [-0.2, -0.15) is 0 Å². The maximum atomic E-state index is 12.5. The molecule has 1 fully saturated rings. The second kappa shape index (κ2) is 10.2. The van der Waals surface area contributed by atoms with E-state index in [1.807, 2.05) is 0 Å². The molecule has 1 aliphatic rings. The second-order valence-electron chi connectivity index (χ2n) is 6.59. The summed E-state index contributed by atoms with van der Waals surface area (Å²) < 4.78 is 5.77. The minimum Gasteiger partial charge on any atom is -0.478 e. The molecule has 7 nitrogen and oxygen atoms in total. The first-order valence-corrected chi connectivity index (χ1v) is 10.6. The molecule has 1 aliphatic heterocycles. The van der Waals surface area contributed by atoms with Gasteiger partial charge in [0.25, 0.3) is 5.91 Å². The van der Waals surface area contributed by atoms with E-state index < -0.39 is 5.97 Å². The van der Waals surface area contributed by atoms with Gasteiger partial charge in [0.05, 0.1) is 16.7 Å². The molecule has 2 heterocycles. The molecule has 9 heteroatoms. The van der Waals surface area contributed by atoms with Gasteiger partial charge in [0, 0.05) is 24.7 Å². The number of furan rings is 1. The molecule has 0 spiro atoms. The van der Waals surface area contributed by atoms with Crippen molar-refractivity contribution in [2.24, 2.45) is 0 Å². The van der Waals surface area contributed by atoms with Crippen molar-refractivity contribution in [1.29, 1.82) is 0 Å². The third kappa shape index (κ3) is 5.80. The Balaban J connectivity index is 1.37. The molecule has 1 aromatic carbocycles. The lowest BCUT2D eigenvalue weighted by molar-refractivity contribution is -0.122. The average molecular weight is 445 g/mol. The molecule has 156 valence electrons. The summed E-state index contributed by atoms with van der Waals surface area (Å²) in [7, 11) is 0. The standard InChI is InChI=1S/C21H20N2O5S2/c24-18(22-15-9-7-14(8-10-15)20(26)27)6-2-1-3-11-23-19(25)17(30-21(23)29)13-16-5-4-12-28-16/h4-5,7-10,12-13H,1-3,6,11H2,(H,22,24)(H,26,27)/b17-13-. The molecule has 1 saturated heterocycles. The van der Waals surface area contributed by atoms with Gasteiger partial charge in [-0.1, -0.05) is 30.4 Å². The number of carboxylic acid groups (broad SMARTS) is 1. The fraction of sp³-hybridized carbons (Fsp3) is 0.238. The SMILES string of the molecule is O=C(CCCCCN1C(=O)/C(=C/c2ccco2)SC1=S)Nc1ccc(C(=O)O)cc1. The van der Waals surface area contributed by atoms with Crippen LogP contribution in [0.2, 0.25) is 0 Å². The minimum absolute atomic E-state index is 0.121. The van der Waals surface area contributed by atoms with Crippen molar-refractivity contribution in [1.82, 2.24) is 4.90 Å². The third-order valence-electron chi connectivity index (χ3n) is 4.39. The van der Waals surface area contributed by atoms with E-state index in [2.05, 4.69) is 5.32 Å². The summed E-state index contributed by atoms with van der Waals surface area (Å²) in [6, 6.07) is 9.55. The van der Waals surface area contributed by atoms with E-state index in [-0.39, 0.29) is 17.4 Å². The maximum Gasteiger partial charge on any atom is 0.335 e. The molecule has 30 heavy (non-hydrogen) atoms. The number of amides is 2. The van der Waals surface area contributed by atoms with Crippen LogP contribution in [-0.2, 0) is 9.59 Å². The van der Waals surface area contributed by atoms with Crippen LogP contribution >= 0.6 is 24.0 Å². The number of unbranched alkanes of at least 4 members (excludes halogenated alkanes) is 2. The van der Waals surface area contributed by atoms with Crippen molar-refractivity contribution < 1.29 is 23.9 Å². The van der Waals surface area contributed by atoms with Crippen LogP contribution in [0.3, 0.4) is 0 Å². The summed E-state index contributed by atoms with van der Waals surface area (Å²) in [5.74, 6) is -0.654. The van der Waals surface area contributed by atoms with E-state index in [4.69, 9.17) is 21.7 Å². The fourth-order valence-electron chi connectivity index (χ4n) is 2.85. The molecule has 2 amide bonds. The second-order valence-corrected chi connectivity index (χ2v) is 8.27. The average Bonchev–Trinajstić information content (AvgIpc) is 3.31. The van der Waals surface area contributed by atoms with Crippen molar-refractivity contribution in [3.63, 3.8) is 0 Å². The molecule has 0 unspecified atom stereocenters. The number of aromatic carboxylic acids is 1. The van der Waals surface area contributed by atoms with Crippen LogP contribution in [0.1, 0.15) is 41.8 Å². The zero-order chi connectivity index (χ0) is 21.5. The molecule has 2 aromatic rings. The van der Waals surface area contributed by atoms with E-state index in [0.29, 0.717) is 40.1 Å². The van der Waals surface area contributed by atoms with Crippen LogP contribution in [0.25, 0.3) is 6.08 Å². The fourth-order valence-corrected chi connectivity index (χ4v) is 4.14. The largest absolute Gasteiger partial charge is 0.478 e. The molecule has 2 N–H and O–H groups in total. The van der Waals surface area contributed by atoms with Crippen LogP contribution in [0, 0.1) is 0 Å². The van der Waals surface area contributed by atoms with Gasteiger partial charge in [0.1, 0.15) is 10.1 Å². The van der Waals surface area contributed by atoms with Crippen molar-refractivity contribution in [3.8, 4) is 0 Å². The molecule has 0 saturated carbocycles. The normalized spacial score (nSPS) is 15.1. The Morgan fingerprint density at radius 2 is 1.93 bits per heavy atom. The Morgan fingerprint density at radius 1 is 1.17 bits per heavy atom.